The van der Waals surface area contributed by atoms with Crippen LogP contribution in [-0.2, 0) is 20.9 Å². The number of hydrogen-bond donors (Lipinski definition) is 2. The SMILES string of the molecule is CCC1OCc2cccc(Oc3ccc(NC(=O)C(C)(C)NC(=O)OC(C)(C)C)cn3)c21. The highest BCUT2D eigenvalue weighted by atomic mass is 16.6. The maximum atomic E-state index is 12.7. The van der Waals surface area contributed by atoms with Crippen LogP contribution in [0.1, 0.15) is 65.2 Å². The third-order valence-electron chi connectivity index (χ3n) is 4.88. The van der Waals surface area contributed by atoms with Gasteiger partial charge in [0.05, 0.1) is 24.6 Å². The summed E-state index contributed by atoms with van der Waals surface area (Å²) in [6.07, 6.45) is 1.72. The Morgan fingerprint density at radius 3 is 2.53 bits per heavy atom. The largest absolute Gasteiger partial charge is 0.444 e. The molecule has 1 aromatic heterocycles. The molecule has 32 heavy (non-hydrogen) atoms. The van der Waals surface area contributed by atoms with Crippen LogP contribution in [-0.4, -0.2) is 28.1 Å². The number of ether oxygens (including phenoxy) is 3. The lowest BCUT2D eigenvalue weighted by Crippen LogP contribution is -2.53. The summed E-state index contributed by atoms with van der Waals surface area (Å²) in [6, 6.07) is 9.25. The van der Waals surface area contributed by atoms with E-state index in [0.29, 0.717) is 18.2 Å². The summed E-state index contributed by atoms with van der Waals surface area (Å²) < 4.78 is 17.0. The minimum Gasteiger partial charge on any atom is -0.444 e. The van der Waals surface area contributed by atoms with Crippen LogP contribution >= 0.6 is 0 Å². The first-order valence-corrected chi connectivity index (χ1v) is 10.7. The Morgan fingerprint density at radius 2 is 1.91 bits per heavy atom. The number of fused-ring (bicyclic) bond motifs is 1. The fourth-order valence-corrected chi connectivity index (χ4v) is 3.30. The number of nitrogens with one attached hydrogen (secondary N) is 2. The van der Waals surface area contributed by atoms with E-state index in [2.05, 4.69) is 22.5 Å². The van der Waals surface area contributed by atoms with E-state index in [9.17, 15) is 9.59 Å². The number of nitrogens with zero attached hydrogens (tertiary/aromatic N) is 1. The molecule has 3 rings (SSSR count). The smallest absolute Gasteiger partial charge is 0.408 e. The molecule has 2 N–H and O–H groups in total. The van der Waals surface area contributed by atoms with E-state index in [1.165, 1.54) is 6.20 Å². The quantitative estimate of drug-likeness (QED) is 0.647. The first-order chi connectivity index (χ1) is 15.0. The van der Waals surface area contributed by atoms with Crippen LogP contribution in [0.2, 0.25) is 0 Å². The number of carbonyl (C=O) groups excluding carboxylic acids is 2. The minimum absolute atomic E-state index is 0.0134. The number of pyridine rings is 1. The van der Waals surface area contributed by atoms with E-state index in [-0.39, 0.29) is 6.10 Å². The van der Waals surface area contributed by atoms with Gasteiger partial charge in [-0.1, -0.05) is 19.1 Å². The Labute approximate surface area is 188 Å². The van der Waals surface area contributed by atoms with Crippen molar-refractivity contribution >= 4 is 17.7 Å². The highest BCUT2D eigenvalue weighted by Crippen LogP contribution is 2.40. The maximum Gasteiger partial charge on any atom is 0.408 e. The number of alkyl carbamates (subject to hydrolysis) is 1. The second-order valence-electron chi connectivity index (χ2n) is 9.23. The molecule has 1 atom stereocenters. The zero-order chi connectivity index (χ0) is 23.5. The van der Waals surface area contributed by atoms with Crippen molar-refractivity contribution in [3.63, 3.8) is 0 Å². The van der Waals surface area contributed by atoms with Crippen molar-refractivity contribution < 1.29 is 23.8 Å². The number of hydrogen-bond acceptors (Lipinski definition) is 6. The third kappa shape index (κ3) is 5.76. The third-order valence-corrected chi connectivity index (χ3v) is 4.88. The van der Waals surface area contributed by atoms with Crippen molar-refractivity contribution in [3.8, 4) is 11.6 Å². The molecule has 2 amide bonds. The molecule has 0 bridgehead atoms. The summed E-state index contributed by atoms with van der Waals surface area (Å²) in [4.78, 5) is 29.0. The van der Waals surface area contributed by atoms with Crippen molar-refractivity contribution in [2.45, 2.75) is 71.8 Å². The molecule has 2 aromatic rings. The van der Waals surface area contributed by atoms with E-state index in [1.807, 2.05) is 18.2 Å². The van der Waals surface area contributed by atoms with Gasteiger partial charge in [-0.3, -0.25) is 4.79 Å². The van der Waals surface area contributed by atoms with Gasteiger partial charge >= 0.3 is 6.09 Å². The van der Waals surface area contributed by atoms with Gasteiger partial charge in [0, 0.05) is 11.6 Å². The van der Waals surface area contributed by atoms with Crippen molar-refractivity contribution in [2.75, 3.05) is 5.32 Å². The maximum absolute atomic E-state index is 12.7. The molecule has 0 radical (unpaired) electrons. The van der Waals surface area contributed by atoms with Crippen LogP contribution < -0.4 is 15.4 Å². The van der Waals surface area contributed by atoms with E-state index >= 15 is 0 Å². The lowest BCUT2D eigenvalue weighted by atomic mass is 10.0. The molecular formula is C24H31N3O5. The van der Waals surface area contributed by atoms with Crippen LogP contribution in [0.15, 0.2) is 36.5 Å². The van der Waals surface area contributed by atoms with Crippen LogP contribution in [0, 0.1) is 0 Å². The predicted octanol–water partition coefficient (Wildman–Crippen LogP) is 5.10. The molecule has 0 aliphatic carbocycles. The molecule has 2 heterocycles. The van der Waals surface area contributed by atoms with Gasteiger partial charge in [-0.05, 0) is 58.7 Å². The Hall–Kier alpha value is -3.13. The zero-order valence-electron chi connectivity index (χ0n) is 19.4. The Bertz CT molecular complexity index is 980. The van der Waals surface area contributed by atoms with Gasteiger partial charge in [0.15, 0.2) is 0 Å². The van der Waals surface area contributed by atoms with E-state index < -0.39 is 23.1 Å². The fraction of sp³-hybridized carbons (Fsp3) is 0.458. The summed E-state index contributed by atoms with van der Waals surface area (Å²) in [7, 11) is 0. The lowest BCUT2D eigenvalue weighted by Gasteiger charge is -2.27. The number of benzene rings is 1. The molecule has 0 spiro atoms. The van der Waals surface area contributed by atoms with Crippen molar-refractivity contribution in [3.05, 3.63) is 47.7 Å². The lowest BCUT2D eigenvalue weighted by molar-refractivity contribution is -0.121. The molecule has 1 aliphatic rings. The molecule has 0 saturated carbocycles. The molecule has 8 heteroatoms. The normalized spacial score (nSPS) is 15.6. The molecule has 1 aliphatic heterocycles. The average Bonchev–Trinajstić information content (AvgIpc) is 3.12. The predicted molar refractivity (Wildman–Crippen MR) is 121 cm³/mol. The van der Waals surface area contributed by atoms with E-state index in [4.69, 9.17) is 14.2 Å². The summed E-state index contributed by atoms with van der Waals surface area (Å²) in [5.74, 6) is 0.728. The van der Waals surface area contributed by atoms with Gasteiger partial charge in [-0.25, -0.2) is 9.78 Å². The molecule has 0 fully saturated rings. The average molecular weight is 442 g/mol. The fourth-order valence-electron chi connectivity index (χ4n) is 3.30. The first kappa shape index (κ1) is 23.5. The summed E-state index contributed by atoms with van der Waals surface area (Å²) in [5.41, 5.74) is 0.826. The van der Waals surface area contributed by atoms with Gasteiger partial charge < -0.3 is 24.8 Å². The Balaban J connectivity index is 1.64. The van der Waals surface area contributed by atoms with Gasteiger partial charge in [-0.15, -0.1) is 0 Å². The van der Waals surface area contributed by atoms with Crippen LogP contribution in [0.5, 0.6) is 11.6 Å². The number of carbonyl (C=O) groups is 2. The monoisotopic (exact) mass is 441 g/mol. The van der Waals surface area contributed by atoms with Crippen LogP contribution in [0.3, 0.4) is 0 Å². The van der Waals surface area contributed by atoms with Crippen LogP contribution in [0.4, 0.5) is 10.5 Å². The van der Waals surface area contributed by atoms with Crippen molar-refractivity contribution in [1.82, 2.24) is 10.3 Å². The van der Waals surface area contributed by atoms with Gasteiger partial charge in [0.1, 0.15) is 16.9 Å². The Kier molecular flexibility index (Phi) is 6.74. The summed E-state index contributed by atoms with van der Waals surface area (Å²) in [5, 5.41) is 5.33. The van der Waals surface area contributed by atoms with Crippen LogP contribution in [0.25, 0.3) is 0 Å². The molecular weight excluding hydrogens is 410 g/mol. The topological polar surface area (TPSA) is 98.8 Å². The van der Waals surface area contributed by atoms with Crippen molar-refractivity contribution in [1.29, 1.82) is 0 Å². The number of rotatable bonds is 6. The highest BCUT2D eigenvalue weighted by molar-refractivity contribution is 5.99. The second-order valence-corrected chi connectivity index (χ2v) is 9.23. The van der Waals surface area contributed by atoms with E-state index in [0.717, 1.165) is 23.3 Å². The summed E-state index contributed by atoms with van der Waals surface area (Å²) in [6.45, 7) is 11.1. The molecule has 0 saturated heterocycles. The first-order valence-electron chi connectivity index (χ1n) is 10.7. The molecule has 172 valence electrons. The van der Waals surface area contributed by atoms with Gasteiger partial charge in [0.2, 0.25) is 11.8 Å². The highest BCUT2D eigenvalue weighted by Gasteiger charge is 2.32. The van der Waals surface area contributed by atoms with E-state index in [1.54, 1.807) is 46.8 Å². The standard InChI is InChI=1S/C24H31N3O5/c1-7-17-20-15(14-30-17)9-8-10-18(20)31-19-12-11-16(13-25-19)26-21(28)24(5,6)27-22(29)32-23(2,3)4/h8-13,17H,7,14H2,1-6H3,(H,26,28)(H,27,29). The second kappa shape index (κ2) is 9.16. The molecule has 1 aromatic carbocycles. The summed E-state index contributed by atoms with van der Waals surface area (Å²) >= 11 is 0. The van der Waals surface area contributed by atoms with Gasteiger partial charge in [0.25, 0.3) is 0 Å². The van der Waals surface area contributed by atoms with Crippen molar-refractivity contribution in [2.24, 2.45) is 0 Å². The number of amides is 2. The zero-order valence-corrected chi connectivity index (χ0v) is 19.4. The minimum atomic E-state index is -1.18. The molecule has 8 nitrogen and oxygen atoms in total. The number of aromatic nitrogens is 1. The number of anilines is 1. The Morgan fingerprint density at radius 1 is 1.16 bits per heavy atom. The molecule has 1 unspecified atom stereocenters. The van der Waals surface area contributed by atoms with Gasteiger partial charge in [-0.2, -0.15) is 0 Å².